The smallest absolute Gasteiger partial charge is 0.323 e. The molecule has 0 bridgehead atoms. The molecule has 3 aromatic rings. The molecule has 0 saturated carbocycles. The third-order valence-corrected chi connectivity index (χ3v) is 4.58. The number of carbonyl (C=O) groups is 1. The minimum atomic E-state index is -0.528. The second-order valence-corrected chi connectivity index (χ2v) is 6.60. The number of aromatic hydroxyl groups is 1. The predicted octanol–water partition coefficient (Wildman–Crippen LogP) is 6.16. The van der Waals surface area contributed by atoms with Crippen LogP contribution in [0.2, 0.25) is 15.1 Å². The van der Waals surface area contributed by atoms with Gasteiger partial charge in [-0.05, 0) is 42.5 Å². The van der Waals surface area contributed by atoms with Gasteiger partial charge in [-0.15, -0.1) is 0 Å². The molecule has 134 valence electrons. The van der Waals surface area contributed by atoms with E-state index >= 15 is 0 Å². The summed E-state index contributed by atoms with van der Waals surface area (Å²) in [4.78, 5) is 12.4. The zero-order valence-corrected chi connectivity index (χ0v) is 15.7. The summed E-state index contributed by atoms with van der Waals surface area (Å²) in [6, 6.07) is 10.5. The van der Waals surface area contributed by atoms with Crippen molar-refractivity contribution in [3.05, 3.63) is 57.5 Å². The normalized spacial score (nSPS) is 10.6. The van der Waals surface area contributed by atoms with Crippen molar-refractivity contribution in [1.82, 2.24) is 0 Å². The Morgan fingerprint density at radius 1 is 0.923 bits per heavy atom. The fourth-order valence-corrected chi connectivity index (χ4v) is 3.33. The Morgan fingerprint density at radius 3 is 2.38 bits per heavy atom. The van der Waals surface area contributed by atoms with Crippen LogP contribution in [0.1, 0.15) is 0 Å². The van der Waals surface area contributed by atoms with Crippen LogP contribution in [0.4, 0.5) is 16.2 Å². The maximum Gasteiger partial charge on any atom is 0.323 e. The Bertz CT molecular complexity index is 1010. The summed E-state index contributed by atoms with van der Waals surface area (Å²) >= 11 is 18.5. The van der Waals surface area contributed by atoms with Crippen LogP contribution in [0.15, 0.2) is 42.5 Å². The summed E-state index contributed by atoms with van der Waals surface area (Å²) in [5, 5.41) is 17.3. The first kappa shape index (κ1) is 18.5. The zero-order chi connectivity index (χ0) is 18.8. The zero-order valence-electron chi connectivity index (χ0n) is 13.4. The molecule has 3 rings (SSSR count). The Kier molecular flexibility index (Phi) is 5.32. The highest BCUT2D eigenvalue weighted by atomic mass is 35.5. The van der Waals surface area contributed by atoms with Crippen molar-refractivity contribution in [3.63, 3.8) is 0 Å². The quantitative estimate of drug-likeness (QED) is 0.483. The minimum Gasteiger partial charge on any atom is -0.508 e. The lowest BCUT2D eigenvalue weighted by atomic mass is 10.1. The number of amides is 2. The van der Waals surface area contributed by atoms with E-state index in [-0.39, 0.29) is 10.8 Å². The third-order valence-electron chi connectivity index (χ3n) is 3.67. The number of hydrogen-bond acceptors (Lipinski definition) is 3. The molecule has 0 heterocycles. The van der Waals surface area contributed by atoms with Crippen molar-refractivity contribution in [2.45, 2.75) is 0 Å². The largest absolute Gasteiger partial charge is 0.508 e. The monoisotopic (exact) mass is 410 g/mol. The second-order valence-electron chi connectivity index (χ2n) is 5.37. The van der Waals surface area contributed by atoms with E-state index in [1.165, 1.54) is 25.3 Å². The maximum atomic E-state index is 12.4. The Morgan fingerprint density at radius 2 is 1.69 bits per heavy atom. The summed E-state index contributed by atoms with van der Waals surface area (Å²) in [6.45, 7) is 0. The van der Waals surface area contributed by atoms with Gasteiger partial charge in [0.25, 0.3) is 0 Å². The molecule has 0 spiro atoms. The van der Waals surface area contributed by atoms with Crippen LogP contribution in [0.3, 0.4) is 0 Å². The van der Waals surface area contributed by atoms with E-state index in [0.717, 1.165) is 0 Å². The van der Waals surface area contributed by atoms with Crippen LogP contribution < -0.4 is 15.4 Å². The van der Waals surface area contributed by atoms with Gasteiger partial charge in [0.1, 0.15) is 11.5 Å². The first-order valence-electron chi connectivity index (χ1n) is 7.41. The van der Waals surface area contributed by atoms with E-state index in [1.807, 2.05) is 0 Å². The number of nitrogens with one attached hydrogen (secondary N) is 2. The fourth-order valence-electron chi connectivity index (χ4n) is 2.48. The minimum absolute atomic E-state index is 0.0289. The molecule has 3 aromatic carbocycles. The van der Waals surface area contributed by atoms with Gasteiger partial charge in [0.15, 0.2) is 0 Å². The average Bonchev–Trinajstić information content (AvgIpc) is 2.58. The van der Waals surface area contributed by atoms with Crippen molar-refractivity contribution in [1.29, 1.82) is 0 Å². The van der Waals surface area contributed by atoms with Crippen LogP contribution >= 0.6 is 34.8 Å². The van der Waals surface area contributed by atoms with Gasteiger partial charge in [-0.1, -0.05) is 34.8 Å². The van der Waals surface area contributed by atoms with Gasteiger partial charge in [-0.3, -0.25) is 0 Å². The number of fused-ring (bicyclic) bond motifs is 1. The van der Waals surface area contributed by atoms with Crippen LogP contribution in [-0.2, 0) is 0 Å². The lowest BCUT2D eigenvalue weighted by Gasteiger charge is -2.14. The Hall–Kier alpha value is -2.34. The standard InChI is InChI=1S/C18H13Cl3N2O3/c1-26-16-5-2-9(6-14(16)20)22-18(25)23-17-12-7-10(24)3-4-11(12)13(19)8-15(17)21/h2-8,24H,1H3,(H2,22,23,25). The third kappa shape index (κ3) is 3.75. The molecule has 0 aromatic heterocycles. The number of phenols is 1. The molecular weight excluding hydrogens is 399 g/mol. The first-order chi connectivity index (χ1) is 12.4. The number of carbonyl (C=O) groups excluding carboxylic acids is 1. The average molecular weight is 412 g/mol. The number of benzene rings is 3. The van der Waals surface area contributed by atoms with Crippen molar-refractivity contribution in [3.8, 4) is 11.5 Å². The van der Waals surface area contributed by atoms with E-state index < -0.39 is 6.03 Å². The highest BCUT2D eigenvalue weighted by molar-refractivity contribution is 6.41. The van der Waals surface area contributed by atoms with Gasteiger partial charge in [-0.25, -0.2) is 4.79 Å². The van der Waals surface area contributed by atoms with Crippen molar-refractivity contribution in [2.75, 3.05) is 17.7 Å². The number of anilines is 2. The summed E-state index contributed by atoms with van der Waals surface area (Å²) in [7, 11) is 1.50. The van der Waals surface area contributed by atoms with Crippen LogP contribution in [0.5, 0.6) is 11.5 Å². The number of ether oxygens (including phenoxy) is 1. The van der Waals surface area contributed by atoms with Crippen LogP contribution in [0, 0.1) is 0 Å². The van der Waals surface area contributed by atoms with Gasteiger partial charge in [0.05, 0.1) is 27.9 Å². The van der Waals surface area contributed by atoms with E-state index in [4.69, 9.17) is 39.5 Å². The molecular formula is C18H13Cl3N2O3. The molecule has 2 amide bonds. The predicted molar refractivity (Wildman–Crippen MR) is 106 cm³/mol. The molecule has 3 N–H and O–H groups in total. The molecule has 0 atom stereocenters. The molecule has 0 radical (unpaired) electrons. The Balaban J connectivity index is 1.90. The molecule has 8 heteroatoms. The molecule has 26 heavy (non-hydrogen) atoms. The van der Waals surface area contributed by atoms with E-state index in [9.17, 15) is 9.90 Å². The summed E-state index contributed by atoms with van der Waals surface area (Å²) in [6.07, 6.45) is 0. The number of methoxy groups -OCH3 is 1. The van der Waals surface area contributed by atoms with Gasteiger partial charge in [0.2, 0.25) is 0 Å². The number of hydrogen-bond donors (Lipinski definition) is 3. The van der Waals surface area contributed by atoms with E-state index in [0.29, 0.717) is 37.9 Å². The Labute approximate surface area is 164 Å². The van der Waals surface area contributed by atoms with Gasteiger partial charge in [0, 0.05) is 16.5 Å². The highest BCUT2D eigenvalue weighted by Gasteiger charge is 2.14. The van der Waals surface area contributed by atoms with Crippen LogP contribution in [0.25, 0.3) is 10.8 Å². The summed E-state index contributed by atoms with van der Waals surface area (Å²) in [5.74, 6) is 0.529. The molecule has 0 aliphatic rings. The molecule has 5 nitrogen and oxygen atoms in total. The molecule has 0 saturated heterocycles. The molecule has 0 fully saturated rings. The number of rotatable bonds is 3. The molecule has 0 aliphatic heterocycles. The van der Waals surface area contributed by atoms with Gasteiger partial charge < -0.3 is 20.5 Å². The lowest BCUT2D eigenvalue weighted by molar-refractivity contribution is 0.262. The van der Waals surface area contributed by atoms with Crippen molar-refractivity contribution in [2.24, 2.45) is 0 Å². The van der Waals surface area contributed by atoms with E-state index in [2.05, 4.69) is 10.6 Å². The van der Waals surface area contributed by atoms with Gasteiger partial charge in [-0.2, -0.15) is 0 Å². The lowest BCUT2D eigenvalue weighted by Crippen LogP contribution is -2.19. The topological polar surface area (TPSA) is 70.6 Å². The fraction of sp³-hybridized carbons (Fsp3) is 0.0556. The number of urea groups is 1. The maximum absolute atomic E-state index is 12.4. The van der Waals surface area contributed by atoms with E-state index in [1.54, 1.807) is 24.3 Å². The first-order valence-corrected chi connectivity index (χ1v) is 8.54. The SMILES string of the molecule is COc1ccc(NC(=O)Nc2c(Cl)cc(Cl)c3ccc(O)cc23)cc1Cl. The summed E-state index contributed by atoms with van der Waals surface area (Å²) in [5.41, 5.74) is 0.810. The van der Waals surface area contributed by atoms with Crippen molar-refractivity contribution >= 4 is 63.0 Å². The highest BCUT2D eigenvalue weighted by Crippen LogP contribution is 2.38. The second kappa shape index (κ2) is 7.50. The number of halogens is 3. The van der Waals surface area contributed by atoms with Crippen LogP contribution in [-0.4, -0.2) is 18.2 Å². The summed E-state index contributed by atoms with van der Waals surface area (Å²) < 4.78 is 5.07. The molecule has 0 unspecified atom stereocenters. The molecule has 0 aliphatic carbocycles. The number of phenolic OH excluding ortho intramolecular Hbond substituents is 1. The van der Waals surface area contributed by atoms with Gasteiger partial charge >= 0.3 is 6.03 Å². The van der Waals surface area contributed by atoms with Crippen molar-refractivity contribution < 1.29 is 14.6 Å².